The molecular formula is C14H26N2S. The van der Waals surface area contributed by atoms with Gasteiger partial charge in [0.15, 0.2) is 0 Å². The summed E-state index contributed by atoms with van der Waals surface area (Å²) in [5.74, 6) is 0.837. The van der Waals surface area contributed by atoms with Crippen LogP contribution in [-0.4, -0.2) is 11.5 Å². The molecule has 0 amide bonds. The van der Waals surface area contributed by atoms with Crippen LogP contribution in [0.2, 0.25) is 0 Å². The number of hydrogen-bond acceptors (Lipinski definition) is 3. The van der Waals surface area contributed by atoms with Gasteiger partial charge in [-0.1, -0.05) is 33.1 Å². The molecule has 0 fully saturated rings. The summed E-state index contributed by atoms with van der Waals surface area (Å²) in [6.07, 6.45) is 5.32. The molecule has 0 aromatic carbocycles. The molecule has 0 radical (unpaired) electrons. The van der Waals surface area contributed by atoms with Gasteiger partial charge in [0, 0.05) is 11.4 Å². The second kappa shape index (κ2) is 7.83. The first-order chi connectivity index (χ1) is 8.17. The van der Waals surface area contributed by atoms with Gasteiger partial charge in [-0.15, -0.1) is 11.3 Å². The Bertz CT molecular complexity index is 320. The Labute approximate surface area is 110 Å². The van der Waals surface area contributed by atoms with Crippen LogP contribution >= 0.6 is 11.3 Å². The summed E-state index contributed by atoms with van der Waals surface area (Å²) in [6.45, 7) is 10.9. The lowest BCUT2D eigenvalue weighted by Crippen LogP contribution is -2.22. The molecule has 17 heavy (non-hydrogen) atoms. The highest BCUT2D eigenvalue weighted by atomic mass is 32.1. The highest BCUT2D eigenvalue weighted by molar-refractivity contribution is 7.11. The summed E-state index contributed by atoms with van der Waals surface area (Å²) in [7, 11) is 0. The molecular weight excluding hydrogens is 228 g/mol. The van der Waals surface area contributed by atoms with E-state index in [1.165, 1.54) is 41.3 Å². The quantitative estimate of drug-likeness (QED) is 0.756. The summed E-state index contributed by atoms with van der Waals surface area (Å²) in [5.41, 5.74) is 1.20. The summed E-state index contributed by atoms with van der Waals surface area (Å²) < 4.78 is 0. The van der Waals surface area contributed by atoms with Crippen LogP contribution in [0.25, 0.3) is 0 Å². The van der Waals surface area contributed by atoms with Crippen LogP contribution in [0, 0.1) is 19.8 Å². The maximum absolute atomic E-state index is 4.46. The zero-order valence-corrected chi connectivity index (χ0v) is 12.5. The van der Waals surface area contributed by atoms with E-state index in [-0.39, 0.29) is 0 Å². The van der Waals surface area contributed by atoms with Crippen LogP contribution < -0.4 is 5.32 Å². The molecule has 0 spiro atoms. The zero-order valence-electron chi connectivity index (χ0n) is 11.7. The minimum atomic E-state index is 0.837. The Hall–Kier alpha value is -0.410. The normalized spacial score (nSPS) is 12.9. The standard InChI is InChI=1S/C14H26N2S/c1-5-7-8-13(6-2)9-15-10-14-11(3)16-12(4)17-14/h13,15H,5-10H2,1-4H3. The molecule has 3 heteroatoms. The molecule has 1 aromatic rings. The molecule has 1 atom stereocenters. The molecule has 0 aliphatic carbocycles. The van der Waals surface area contributed by atoms with Crippen molar-refractivity contribution < 1.29 is 0 Å². The lowest BCUT2D eigenvalue weighted by Gasteiger charge is -2.14. The van der Waals surface area contributed by atoms with Gasteiger partial charge in [-0.25, -0.2) is 4.98 Å². The predicted molar refractivity (Wildman–Crippen MR) is 76.6 cm³/mol. The van der Waals surface area contributed by atoms with E-state index in [9.17, 15) is 0 Å². The van der Waals surface area contributed by atoms with Gasteiger partial charge in [-0.3, -0.25) is 0 Å². The first-order valence-corrected chi connectivity index (χ1v) is 7.62. The fraction of sp³-hybridized carbons (Fsp3) is 0.786. The van der Waals surface area contributed by atoms with E-state index in [2.05, 4.69) is 38.0 Å². The van der Waals surface area contributed by atoms with Gasteiger partial charge >= 0.3 is 0 Å². The minimum Gasteiger partial charge on any atom is -0.312 e. The third-order valence-electron chi connectivity index (χ3n) is 3.26. The summed E-state index contributed by atoms with van der Waals surface area (Å²) in [6, 6.07) is 0. The molecule has 1 rings (SSSR count). The summed E-state index contributed by atoms with van der Waals surface area (Å²) in [5, 5.41) is 4.76. The van der Waals surface area contributed by atoms with Crippen LogP contribution in [0.3, 0.4) is 0 Å². The largest absolute Gasteiger partial charge is 0.312 e. The molecule has 0 saturated carbocycles. The van der Waals surface area contributed by atoms with Crippen molar-refractivity contribution >= 4 is 11.3 Å². The van der Waals surface area contributed by atoms with Crippen LogP contribution in [0.5, 0.6) is 0 Å². The number of unbranched alkanes of at least 4 members (excludes halogenated alkanes) is 1. The number of aromatic nitrogens is 1. The fourth-order valence-corrected chi connectivity index (χ4v) is 2.98. The van der Waals surface area contributed by atoms with Gasteiger partial charge in [-0.05, 0) is 32.7 Å². The molecule has 1 N–H and O–H groups in total. The third kappa shape index (κ3) is 5.17. The molecule has 98 valence electrons. The Morgan fingerprint density at radius 3 is 2.59 bits per heavy atom. The van der Waals surface area contributed by atoms with E-state index in [0.29, 0.717) is 0 Å². The van der Waals surface area contributed by atoms with Gasteiger partial charge in [0.1, 0.15) is 0 Å². The van der Waals surface area contributed by atoms with E-state index in [1.54, 1.807) is 0 Å². The number of hydrogen-bond donors (Lipinski definition) is 1. The van der Waals surface area contributed by atoms with Gasteiger partial charge in [0.2, 0.25) is 0 Å². The van der Waals surface area contributed by atoms with Crippen molar-refractivity contribution in [3.63, 3.8) is 0 Å². The Morgan fingerprint density at radius 2 is 2.06 bits per heavy atom. The van der Waals surface area contributed by atoms with Crippen molar-refractivity contribution in [1.82, 2.24) is 10.3 Å². The number of nitrogens with zero attached hydrogens (tertiary/aromatic N) is 1. The lowest BCUT2D eigenvalue weighted by molar-refractivity contribution is 0.420. The van der Waals surface area contributed by atoms with Crippen molar-refractivity contribution in [3.8, 4) is 0 Å². The molecule has 0 aliphatic rings. The second-order valence-corrected chi connectivity index (χ2v) is 6.08. The van der Waals surface area contributed by atoms with Gasteiger partial charge in [0.05, 0.1) is 10.7 Å². The highest BCUT2D eigenvalue weighted by Gasteiger charge is 2.07. The van der Waals surface area contributed by atoms with Gasteiger partial charge < -0.3 is 5.32 Å². The van der Waals surface area contributed by atoms with E-state index >= 15 is 0 Å². The molecule has 1 aromatic heterocycles. The maximum atomic E-state index is 4.46. The van der Waals surface area contributed by atoms with Crippen molar-refractivity contribution in [3.05, 3.63) is 15.6 Å². The average Bonchev–Trinajstić information content (AvgIpc) is 2.62. The summed E-state index contributed by atoms with van der Waals surface area (Å²) in [4.78, 5) is 5.85. The van der Waals surface area contributed by atoms with Gasteiger partial charge in [-0.2, -0.15) is 0 Å². The number of aryl methyl sites for hydroxylation is 2. The van der Waals surface area contributed by atoms with Crippen LogP contribution in [-0.2, 0) is 6.54 Å². The molecule has 1 unspecified atom stereocenters. The first-order valence-electron chi connectivity index (χ1n) is 6.81. The number of thiazole rings is 1. The van der Waals surface area contributed by atoms with E-state index in [4.69, 9.17) is 0 Å². The average molecular weight is 254 g/mol. The van der Waals surface area contributed by atoms with Crippen molar-refractivity contribution in [2.45, 2.75) is 59.9 Å². The molecule has 2 nitrogen and oxygen atoms in total. The van der Waals surface area contributed by atoms with Crippen LogP contribution in [0.15, 0.2) is 0 Å². The highest BCUT2D eigenvalue weighted by Crippen LogP contribution is 2.17. The monoisotopic (exact) mass is 254 g/mol. The van der Waals surface area contributed by atoms with Crippen LogP contribution in [0.1, 0.15) is 55.1 Å². The topological polar surface area (TPSA) is 24.9 Å². The Kier molecular flexibility index (Phi) is 6.75. The Balaban J connectivity index is 2.28. The molecule has 0 bridgehead atoms. The van der Waals surface area contributed by atoms with Crippen molar-refractivity contribution in [1.29, 1.82) is 0 Å². The fourth-order valence-electron chi connectivity index (χ4n) is 2.07. The predicted octanol–water partition coefficient (Wildman–Crippen LogP) is 4.07. The Morgan fingerprint density at radius 1 is 1.29 bits per heavy atom. The van der Waals surface area contributed by atoms with E-state index in [1.807, 2.05) is 11.3 Å². The van der Waals surface area contributed by atoms with Gasteiger partial charge in [0.25, 0.3) is 0 Å². The SMILES string of the molecule is CCCCC(CC)CNCc1sc(C)nc1C. The van der Waals surface area contributed by atoms with Crippen molar-refractivity contribution in [2.75, 3.05) is 6.54 Å². The smallest absolute Gasteiger partial charge is 0.0900 e. The van der Waals surface area contributed by atoms with E-state index < -0.39 is 0 Å². The number of rotatable bonds is 8. The number of nitrogens with one attached hydrogen (secondary N) is 1. The minimum absolute atomic E-state index is 0.837. The summed E-state index contributed by atoms with van der Waals surface area (Å²) >= 11 is 1.82. The molecule has 1 heterocycles. The van der Waals surface area contributed by atoms with Crippen molar-refractivity contribution in [2.24, 2.45) is 5.92 Å². The molecule has 0 aliphatic heterocycles. The first kappa shape index (κ1) is 14.7. The maximum Gasteiger partial charge on any atom is 0.0900 e. The van der Waals surface area contributed by atoms with E-state index in [0.717, 1.165) is 19.0 Å². The second-order valence-electron chi connectivity index (χ2n) is 4.79. The third-order valence-corrected chi connectivity index (χ3v) is 4.33. The van der Waals surface area contributed by atoms with Crippen LogP contribution in [0.4, 0.5) is 0 Å². The molecule has 0 saturated heterocycles. The lowest BCUT2D eigenvalue weighted by atomic mass is 9.99. The zero-order chi connectivity index (χ0) is 12.7.